The van der Waals surface area contributed by atoms with Crippen molar-refractivity contribution in [3.05, 3.63) is 41.2 Å². The van der Waals surface area contributed by atoms with Gasteiger partial charge in [-0.15, -0.1) is 6.42 Å². The first-order chi connectivity index (χ1) is 11.9. The van der Waals surface area contributed by atoms with Gasteiger partial charge < -0.3 is 10.1 Å². The summed E-state index contributed by atoms with van der Waals surface area (Å²) in [6.07, 6.45) is 5.25. The van der Waals surface area contributed by atoms with E-state index in [1.54, 1.807) is 4.68 Å². The number of carbonyl (C=O) groups excluding carboxylic acids is 1. The molecule has 132 valence electrons. The number of aromatic nitrogens is 2. The number of benzene rings is 1. The lowest BCUT2D eigenvalue weighted by Gasteiger charge is -2.18. The van der Waals surface area contributed by atoms with Crippen LogP contribution in [0.5, 0.6) is 5.75 Å². The smallest absolute Gasteiger partial charge is 0.238 e. The summed E-state index contributed by atoms with van der Waals surface area (Å²) in [6, 6.07) is 7.68. The maximum atomic E-state index is 12.3. The van der Waals surface area contributed by atoms with Gasteiger partial charge in [-0.1, -0.05) is 24.1 Å². The third-order valence-corrected chi connectivity index (χ3v) is 3.91. The summed E-state index contributed by atoms with van der Waals surface area (Å²) in [4.78, 5) is 14.3. The summed E-state index contributed by atoms with van der Waals surface area (Å²) in [5, 5.41) is 7.25. The molecule has 25 heavy (non-hydrogen) atoms. The summed E-state index contributed by atoms with van der Waals surface area (Å²) in [5.41, 5.74) is 3.51. The van der Waals surface area contributed by atoms with Crippen molar-refractivity contribution in [2.75, 3.05) is 25.5 Å². The number of ether oxygens (including phenoxy) is 1. The molecule has 1 amide bonds. The van der Waals surface area contributed by atoms with E-state index in [1.807, 2.05) is 57.1 Å². The Balaban J connectivity index is 1.97. The normalized spacial score (nSPS) is 10.6. The van der Waals surface area contributed by atoms with Crippen LogP contribution >= 0.6 is 0 Å². The minimum atomic E-state index is -0.0799. The molecule has 0 fully saturated rings. The zero-order valence-corrected chi connectivity index (χ0v) is 15.2. The molecule has 1 aromatic heterocycles. The van der Waals surface area contributed by atoms with Gasteiger partial charge in [0.05, 0.1) is 23.6 Å². The summed E-state index contributed by atoms with van der Waals surface area (Å²) < 4.78 is 7.31. The van der Waals surface area contributed by atoms with Crippen LogP contribution in [0.3, 0.4) is 0 Å². The number of rotatable bonds is 7. The van der Waals surface area contributed by atoms with Crippen LogP contribution in [-0.4, -0.2) is 40.8 Å². The second-order valence-electron chi connectivity index (χ2n) is 5.99. The summed E-state index contributed by atoms with van der Waals surface area (Å²) in [7, 11) is 3.75. The van der Waals surface area contributed by atoms with Gasteiger partial charge in [0.1, 0.15) is 12.4 Å². The number of amides is 1. The van der Waals surface area contributed by atoms with Gasteiger partial charge >= 0.3 is 0 Å². The predicted octanol–water partition coefficient (Wildman–Crippen LogP) is 2.12. The number of hydrogen-bond donors (Lipinski definition) is 1. The number of nitrogens with one attached hydrogen (secondary N) is 1. The van der Waals surface area contributed by atoms with Crippen molar-refractivity contribution in [2.45, 2.75) is 20.4 Å². The highest BCUT2D eigenvalue weighted by molar-refractivity contribution is 5.93. The molecule has 0 aliphatic rings. The van der Waals surface area contributed by atoms with Crippen molar-refractivity contribution in [1.29, 1.82) is 0 Å². The Morgan fingerprint density at radius 2 is 2.12 bits per heavy atom. The van der Waals surface area contributed by atoms with Crippen LogP contribution in [-0.2, 0) is 18.4 Å². The summed E-state index contributed by atoms with van der Waals surface area (Å²) >= 11 is 0. The fourth-order valence-electron chi connectivity index (χ4n) is 2.62. The van der Waals surface area contributed by atoms with Gasteiger partial charge in [0.15, 0.2) is 0 Å². The lowest BCUT2D eigenvalue weighted by atomic mass is 10.2. The molecule has 0 aliphatic carbocycles. The standard InChI is InChI=1S/C19H24N4O2/c1-6-11-25-17-10-8-7-9-16(17)12-22(4)13-18(24)20-19-14(2)21-23(5)15(19)3/h1,7-10H,11-13H2,2-5H3,(H,20,24). The van der Waals surface area contributed by atoms with E-state index in [4.69, 9.17) is 11.2 Å². The van der Waals surface area contributed by atoms with E-state index < -0.39 is 0 Å². The van der Waals surface area contributed by atoms with Crippen molar-refractivity contribution in [1.82, 2.24) is 14.7 Å². The number of anilines is 1. The van der Waals surface area contributed by atoms with Crippen LogP contribution in [0.1, 0.15) is 17.0 Å². The summed E-state index contributed by atoms with van der Waals surface area (Å²) in [6.45, 7) is 4.88. The Kier molecular flexibility index (Phi) is 6.20. The van der Waals surface area contributed by atoms with Crippen LogP contribution in [0.2, 0.25) is 0 Å². The fourth-order valence-corrected chi connectivity index (χ4v) is 2.62. The van der Waals surface area contributed by atoms with Gasteiger partial charge in [-0.2, -0.15) is 5.10 Å². The molecule has 0 atom stereocenters. The highest BCUT2D eigenvalue weighted by Gasteiger charge is 2.14. The minimum Gasteiger partial charge on any atom is -0.481 e. The van der Waals surface area contributed by atoms with Crippen LogP contribution in [0.4, 0.5) is 5.69 Å². The molecule has 0 unspecified atom stereocenters. The zero-order valence-electron chi connectivity index (χ0n) is 15.2. The largest absolute Gasteiger partial charge is 0.481 e. The molecule has 6 nitrogen and oxygen atoms in total. The Morgan fingerprint density at radius 1 is 1.40 bits per heavy atom. The Bertz CT molecular complexity index is 789. The van der Waals surface area contributed by atoms with Crippen LogP contribution < -0.4 is 10.1 Å². The van der Waals surface area contributed by atoms with Crippen molar-refractivity contribution in [2.24, 2.45) is 7.05 Å². The number of hydrogen-bond acceptors (Lipinski definition) is 4. The Labute approximate surface area is 148 Å². The monoisotopic (exact) mass is 340 g/mol. The first kappa shape index (κ1) is 18.6. The topological polar surface area (TPSA) is 59.4 Å². The lowest BCUT2D eigenvalue weighted by Crippen LogP contribution is -2.30. The molecule has 0 saturated heterocycles. The minimum absolute atomic E-state index is 0.0799. The van der Waals surface area contributed by atoms with Gasteiger partial charge in [0, 0.05) is 19.2 Å². The number of nitrogens with zero attached hydrogens (tertiary/aromatic N) is 3. The van der Waals surface area contributed by atoms with Crippen LogP contribution in [0.15, 0.2) is 24.3 Å². The van der Waals surface area contributed by atoms with E-state index >= 15 is 0 Å². The van der Waals surface area contributed by atoms with Crippen LogP contribution in [0, 0.1) is 26.2 Å². The number of terminal acetylenes is 1. The van der Waals surface area contributed by atoms with E-state index in [2.05, 4.69) is 16.3 Å². The average Bonchev–Trinajstić information content (AvgIpc) is 2.80. The quantitative estimate of drug-likeness (QED) is 0.785. The maximum Gasteiger partial charge on any atom is 0.238 e. The first-order valence-electron chi connectivity index (χ1n) is 8.05. The molecule has 2 aromatic rings. The van der Waals surface area contributed by atoms with Gasteiger partial charge in [-0.3, -0.25) is 14.4 Å². The van der Waals surface area contributed by atoms with Gasteiger partial charge in [-0.05, 0) is 27.0 Å². The van der Waals surface area contributed by atoms with Crippen molar-refractivity contribution >= 4 is 11.6 Å². The third kappa shape index (κ3) is 4.85. The van der Waals surface area contributed by atoms with Gasteiger partial charge in [0.25, 0.3) is 0 Å². The maximum absolute atomic E-state index is 12.3. The average molecular weight is 340 g/mol. The van der Waals surface area contributed by atoms with Crippen LogP contribution in [0.25, 0.3) is 0 Å². The van der Waals surface area contributed by atoms with E-state index in [0.717, 1.165) is 28.4 Å². The van der Waals surface area contributed by atoms with Crippen molar-refractivity contribution in [3.63, 3.8) is 0 Å². The fraction of sp³-hybridized carbons (Fsp3) is 0.368. The van der Waals surface area contributed by atoms with Gasteiger partial charge in [-0.25, -0.2) is 0 Å². The molecule has 0 radical (unpaired) electrons. The Morgan fingerprint density at radius 3 is 2.76 bits per heavy atom. The molecule has 0 aliphatic heterocycles. The SMILES string of the molecule is C#CCOc1ccccc1CN(C)CC(=O)Nc1c(C)nn(C)c1C. The molecular weight excluding hydrogens is 316 g/mol. The number of aryl methyl sites for hydroxylation is 2. The van der Waals surface area contributed by atoms with E-state index in [-0.39, 0.29) is 19.1 Å². The molecule has 0 saturated carbocycles. The van der Waals surface area contributed by atoms with E-state index in [0.29, 0.717) is 6.54 Å². The molecule has 1 aromatic carbocycles. The lowest BCUT2D eigenvalue weighted by molar-refractivity contribution is -0.117. The molecule has 0 bridgehead atoms. The predicted molar refractivity (Wildman–Crippen MR) is 98.4 cm³/mol. The van der Waals surface area contributed by atoms with Crippen molar-refractivity contribution in [3.8, 4) is 18.1 Å². The van der Waals surface area contributed by atoms with E-state index in [9.17, 15) is 4.79 Å². The number of likely N-dealkylation sites (N-methyl/N-ethyl adjacent to an activating group) is 1. The van der Waals surface area contributed by atoms with E-state index in [1.165, 1.54) is 0 Å². The number of carbonyl (C=O) groups is 1. The van der Waals surface area contributed by atoms with Gasteiger partial charge in [0.2, 0.25) is 5.91 Å². The second-order valence-corrected chi connectivity index (χ2v) is 5.99. The number of para-hydroxylation sites is 1. The highest BCUT2D eigenvalue weighted by Crippen LogP contribution is 2.20. The molecule has 0 spiro atoms. The Hall–Kier alpha value is -2.78. The molecule has 1 N–H and O–H groups in total. The molecule has 2 rings (SSSR count). The second kappa shape index (κ2) is 8.36. The molecular formula is C19H24N4O2. The molecule has 1 heterocycles. The third-order valence-electron chi connectivity index (χ3n) is 3.91. The zero-order chi connectivity index (χ0) is 18.4. The van der Waals surface area contributed by atoms with Crippen molar-refractivity contribution < 1.29 is 9.53 Å². The molecule has 6 heteroatoms. The highest BCUT2D eigenvalue weighted by atomic mass is 16.5. The summed E-state index contributed by atoms with van der Waals surface area (Å²) in [5.74, 6) is 3.12. The first-order valence-corrected chi connectivity index (χ1v) is 8.05.